The van der Waals surface area contributed by atoms with Gasteiger partial charge < -0.3 is 10.4 Å². The van der Waals surface area contributed by atoms with E-state index in [9.17, 15) is 5.11 Å². The number of nitrogens with one attached hydrogen (secondary N) is 1. The van der Waals surface area contributed by atoms with Crippen molar-refractivity contribution in [3.05, 3.63) is 47.8 Å². The van der Waals surface area contributed by atoms with Gasteiger partial charge >= 0.3 is 0 Å². The smallest absolute Gasteiger partial charge is 0.137 e. The van der Waals surface area contributed by atoms with Crippen molar-refractivity contribution in [2.75, 3.05) is 5.32 Å². The molecule has 3 heterocycles. The number of fused-ring (bicyclic) bond motifs is 1. The van der Waals surface area contributed by atoms with Gasteiger partial charge in [-0.25, -0.2) is 9.97 Å². The summed E-state index contributed by atoms with van der Waals surface area (Å²) in [6, 6.07) is 8.83. The molecule has 3 aromatic heterocycles. The molecule has 6 rings (SSSR count). The standard InChI is InChI=1S/C23H26N4O/c28-14-16-11-22-24-12-19(27(22)13-17(16)15-6-7-15)18-3-1-5-21(25-18)26-20-4-2-8-23(20)9-10-23/h1,3,5,11-13,15,20,28H,2,4,6-10,14H2,(H,25,26). The Morgan fingerprint density at radius 2 is 2.07 bits per heavy atom. The predicted molar refractivity (Wildman–Crippen MR) is 109 cm³/mol. The van der Waals surface area contributed by atoms with E-state index in [4.69, 9.17) is 4.98 Å². The van der Waals surface area contributed by atoms with Crippen molar-refractivity contribution in [2.45, 2.75) is 63.5 Å². The Kier molecular flexibility index (Phi) is 3.57. The number of rotatable bonds is 5. The van der Waals surface area contributed by atoms with Gasteiger partial charge in [0.1, 0.15) is 11.5 Å². The third-order valence-electron chi connectivity index (χ3n) is 7.09. The fraction of sp³-hybridized carbons (Fsp3) is 0.478. The van der Waals surface area contributed by atoms with Crippen LogP contribution in [-0.4, -0.2) is 25.5 Å². The molecule has 0 saturated heterocycles. The largest absolute Gasteiger partial charge is 0.392 e. The summed E-state index contributed by atoms with van der Waals surface area (Å²) in [6.07, 6.45) is 13.2. The minimum Gasteiger partial charge on any atom is -0.392 e. The summed E-state index contributed by atoms with van der Waals surface area (Å²) in [5.41, 5.74) is 5.64. The average Bonchev–Trinajstić information content (AvgIpc) is 3.62. The molecule has 3 saturated carbocycles. The molecular weight excluding hydrogens is 348 g/mol. The van der Waals surface area contributed by atoms with E-state index in [0.29, 0.717) is 17.4 Å². The molecule has 2 N–H and O–H groups in total. The van der Waals surface area contributed by atoms with Crippen LogP contribution in [0.2, 0.25) is 0 Å². The van der Waals surface area contributed by atoms with Crippen LogP contribution in [0.5, 0.6) is 0 Å². The fourth-order valence-corrected chi connectivity index (χ4v) is 5.13. The normalized spacial score (nSPS) is 22.8. The summed E-state index contributed by atoms with van der Waals surface area (Å²) < 4.78 is 2.14. The maximum atomic E-state index is 9.74. The van der Waals surface area contributed by atoms with Crippen LogP contribution in [0.15, 0.2) is 36.7 Å². The molecule has 144 valence electrons. The molecule has 28 heavy (non-hydrogen) atoms. The number of aromatic nitrogens is 3. The number of hydrogen-bond acceptors (Lipinski definition) is 4. The number of nitrogens with zero attached hydrogens (tertiary/aromatic N) is 3. The van der Waals surface area contributed by atoms with Gasteiger partial charge in [-0.1, -0.05) is 12.5 Å². The zero-order chi connectivity index (χ0) is 18.7. The minimum atomic E-state index is 0.0747. The number of aliphatic hydroxyl groups is 1. The molecule has 0 aromatic carbocycles. The second-order valence-corrected chi connectivity index (χ2v) is 8.92. The molecule has 3 aromatic rings. The molecule has 3 aliphatic rings. The van der Waals surface area contributed by atoms with Gasteiger partial charge in [-0.05, 0) is 79.2 Å². The van der Waals surface area contributed by atoms with E-state index in [2.05, 4.69) is 39.1 Å². The van der Waals surface area contributed by atoms with Crippen LogP contribution >= 0.6 is 0 Å². The van der Waals surface area contributed by atoms with Crippen molar-refractivity contribution in [3.63, 3.8) is 0 Å². The van der Waals surface area contributed by atoms with Crippen LogP contribution < -0.4 is 5.32 Å². The van der Waals surface area contributed by atoms with Gasteiger partial charge in [0.2, 0.25) is 0 Å². The summed E-state index contributed by atoms with van der Waals surface area (Å²) in [5.74, 6) is 1.56. The van der Waals surface area contributed by atoms with Gasteiger partial charge in [0.15, 0.2) is 0 Å². The van der Waals surface area contributed by atoms with Crippen molar-refractivity contribution in [1.82, 2.24) is 14.4 Å². The first-order valence-electron chi connectivity index (χ1n) is 10.6. The highest BCUT2D eigenvalue weighted by Crippen LogP contribution is 2.58. The first-order chi connectivity index (χ1) is 13.8. The number of anilines is 1. The summed E-state index contributed by atoms with van der Waals surface area (Å²) in [6.45, 7) is 0.0747. The minimum absolute atomic E-state index is 0.0747. The predicted octanol–water partition coefficient (Wildman–Crippen LogP) is 4.51. The molecule has 0 radical (unpaired) electrons. The number of imidazole rings is 1. The van der Waals surface area contributed by atoms with Crippen LogP contribution in [-0.2, 0) is 6.61 Å². The van der Waals surface area contributed by atoms with E-state index in [1.807, 2.05) is 12.3 Å². The van der Waals surface area contributed by atoms with E-state index >= 15 is 0 Å². The molecule has 3 aliphatic carbocycles. The zero-order valence-corrected chi connectivity index (χ0v) is 16.1. The molecular formula is C23H26N4O. The van der Waals surface area contributed by atoms with E-state index in [0.717, 1.165) is 28.4 Å². The summed E-state index contributed by atoms with van der Waals surface area (Å²) >= 11 is 0. The lowest BCUT2D eigenvalue weighted by Crippen LogP contribution is -2.25. The SMILES string of the molecule is OCc1cc2ncc(-c3cccc(NC4CCCC45CC5)n3)n2cc1C1CC1. The highest BCUT2D eigenvalue weighted by Gasteiger charge is 2.51. The Hall–Kier alpha value is -2.40. The maximum absolute atomic E-state index is 9.74. The van der Waals surface area contributed by atoms with Gasteiger partial charge in [0, 0.05) is 12.2 Å². The van der Waals surface area contributed by atoms with Crippen LogP contribution in [0.3, 0.4) is 0 Å². The van der Waals surface area contributed by atoms with E-state index in [1.54, 1.807) is 0 Å². The number of pyridine rings is 2. The molecule has 0 bridgehead atoms. The Morgan fingerprint density at radius 1 is 1.18 bits per heavy atom. The van der Waals surface area contributed by atoms with Crippen molar-refractivity contribution in [2.24, 2.45) is 5.41 Å². The van der Waals surface area contributed by atoms with Gasteiger partial charge in [-0.2, -0.15) is 0 Å². The Balaban J connectivity index is 1.36. The lowest BCUT2D eigenvalue weighted by Gasteiger charge is -2.21. The Bertz CT molecular complexity index is 1050. The average molecular weight is 374 g/mol. The molecule has 1 spiro atoms. The van der Waals surface area contributed by atoms with E-state index < -0.39 is 0 Å². The van der Waals surface area contributed by atoms with Crippen molar-refractivity contribution >= 4 is 11.5 Å². The quantitative estimate of drug-likeness (QED) is 0.690. The Labute approximate surface area is 164 Å². The van der Waals surface area contributed by atoms with Gasteiger partial charge in [0.05, 0.1) is 24.2 Å². The Morgan fingerprint density at radius 3 is 2.86 bits per heavy atom. The topological polar surface area (TPSA) is 62.5 Å². The van der Waals surface area contributed by atoms with Crippen molar-refractivity contribution in [3.8, 4) is 11.4 Å². The molecule has 5 nitrogen and oxygen atoms in total. The molecule has 5 heteroatoms. The lowest BCUT2D eigenvalue weighted by molar-refractivity contribution is 0.280. The van der Waals surface area contributed by atoms with Crippen LogP contribution in [0.25, 0.3) is 17.0 Å². The number of aliphatic hydroxyl groups excluding tert-OH is 1. The van der Waals surface area contributed by atoms with Crippen LogP contribution in [0.4, 0.5) is 5.82 Å². The lowest BCUT2D eigenvalue weighted by atomic mass is 10.0. The first-order valence-corrected chi connectivity index (χ1v) is 10.6. The summed E-state index contributed by atoms with van der Waals surface area (Å²) in [7, 11) is 0. The molecule has 1 unspecified atom stereocenters. The molecule has 3 fully saturated rings. The summed E-state index contributed by atoms with van der Waals surface area (Å²) in [5, 5.41) is 13.5. The number of hydrogen-bond donors (Lipinski definition) is 2. The highest BCUT2D eigenvalue weighted by atomic mass is 16.3. The molecule has 1 atom stereocenters. The van der Waals surface area contributed by atoms with Crippen LogP contribution in [0, 0.1) is 5.41 Å². The van der Waals surface area contributed by atoms with Crippen molar-refractivity contribution in [1.29, 1.82) is 0 Å². The fourth-order valence-electron chi connectivity index (χ4n) is 5.13. The first kappa shape index (κ1) is 16.5. The van der Waals surface area contributed by atoms with E-state index in [-0.39, 0.29) is 6.61 Å². The monoisotopic (exact) mass is 374 g/mol. The molecule has 0 amide bonds. The van der Waals surface area contributed by atoms with E-state index in [1.165, 1.54) is 50.5 Å². The van der Waals surface area contributed by atoms with Crippen molar-refractivity contribution < 1.29 is 5.11 Å². The van der Waals surface area contributed by atoms with Crippen LogP contribution in [0.1, 0.15) is 62.0 Å². The third kappa shape index (κ3) is 2.64. The zero-order valence-electron chi connectivity index (χ0n) is 16.1. The second-order valence-electron chi connectivity index (χ2n) is 8.92. The highest BCUT2D eigenvalue weighted by molar-refractivity contribution is 5.63. The second kappa shape index (κ2) is 6.05. The van der Waals surface area contributed by atoms with Gasteiger partial charge in [-0.3, -0.25) is 4.40 Å². The summed E-state index contributed by atoms with van der Waals surface area (Å²) in [4.78, 5) is 9.52. The van der Waals surface area contributed by atoms with Gasteiger partial charge in [-0.15, -0.1) is 0 Å². The maximum Gasteiger partial charge on any atom is 0.137 e. The molecule has 0 aliphatic heterocycles. The van der Waals surface area contributed by atoms with Gasteiger partial charge in [0.25, 0.3) is 0 Å². The third-order valence-corrected chi connectivity index (χ3v) is 7.09.